The molecule has 2 N–H and O–H groups in total. The largest absolute Gasteiger partial charge is 0.329 e. The van der Waals surface area contributed by atoms with Crippen LogP contribution in [0.15, 0.2) is 18.2 Å². The van der Waals surface area contributed by atoms with Gasteiger partial charge in [0, 0.05) is 24.2 Å². The Morgan fingerprint density at radius 2 is 2.11 bits per heavy atom. The molecule has 1 rings (SSSR count). The summed E-state index contributed by atoms with van der Waals surface area (Å²) in [5, 5.41) is 0. The molecule has 0 saturated heterocycles. The lowest BCUT2D eigenvalue weighted by Crippen LogP contribution is -2.37. The SMILES string of the molecule is CSCCC(C)N(C)C(CN)c1cc(C)ccc1F. The van der Waals surface area contributed by atoms with Crippen molar-refractivity contribution in [2.24, 2.45) is 5.73 Å². The average Bonchev–Trinajstić information content (AvgIpc) is 2.40. The highest BCUT2D eigenvalue weighted by atomic mass is 32.2. The maximum Gasteiger partial charge on any atom is 0.128 e. The molecular weight excluding hydrogens is 259 g/mol. The highest BCUT2D eigenvalue weighted by molar-refractivity contribution is 7.98. The lowest BCUT2D eigenvalue weighted by atomic mass is 10.0. The van der Waals surface area contributed by atoms with Crippen molar-refractivity contribution >= 4 is 11.8 Å². The molecule has 0 aliphatic rings. The van der Waals surface area contributed by atoms with Gasteiger partial charge in [0.2, 0.25) is 0 Å². The van der Waals surface area contributed by atoms with Crippen LogP contribution in [0, 0.1) is 12.7 Å². The van der Waals surface area contributed by atoms with Crippen molar-refractivity contribution in [2.75, 3.05) is 25.6 Å². The predicted octanol–water partition coefficient (Wildman–Crippen LogP) is 3.21. The molecule has 0 radical (unpaired) electrons. The topological polar surface area (TPSA) is 29.3 Å². The van der Waals surface area contributed by atoms with E-state index in [4.69, 9.17) is 5.73 Å². The summed E-state index contributed by atoms with van der Waals surface area (Å²) in [6, 6.07) is 5.57. The number of hydrogen-bond acceptors (Lipinski definition) is 3. The quantitative estimate of drug-likeness (QED) is 0.833. The number of thioether (sulfide) groups is 1. The van der Waals surface area contributed by atoms with Crippen LogP contribution in [0.25, 0.3) is 0 Å². The van der Waals surface area contributed by atoms with Crippen molar-refractivity contribution in [1.82, 2.24) is 4.90 Å². The fourth-order valence-electron chi connectivity index (χ4n) is 2.23. The van der Waals surface area contributed by atoms with E-state index in [1.54, 1.807) is 6.07 Å². The van der Waals surface area contributed by atoms with Crippen LogP contribution in [0.2, 0.25) is 0 Å². The molecule has 0 aliphatic carbocycles. The van der Waals surface area contributed by atoms with Crippen LogP contribution in [0.4, 0.5) is 4.39 Å². The van der Waals surface area contributed by atoms with E-state index in [9.17, 15) is 4.39 Å². The zero-order chi connectivity index (χ0) is 14.4. The summed E-state index contributed by atoms with van der Waals surface area (Å²) in [5.74, 6) is 0.948. The van der Waals surface area contributed by atoms with E-state index in [1.807, 2.05) is 31.8 Å². The van der Waals surface area contributed by atoms with E-state index in [-0.39, 0.29) is 11.9 Å². The van der Waals surface area contributed by atoms with Crippen molar-refractivity contribution in [3.8, 4) is 0 Å². The van der Waals surface area contributed by atoms with Crippen LogP contribution >= 0.6 is 11.8 Å². The van der Waals surface area contributed by atoms with E-state index >= 15 is 0 Å². The molecule has 1 aromatic rings. The molecule has 0 bridgehead atoms. The van der Waals surface area contributed by atoms with Crippen molar-refractivity contribution in [1.29, 1.82) is 0 Å². The molecule has 1 aromatic carbocycles. The number of likely N-dealkylation sites (N-methyl/N-ethyl adjacent to an activating group) is 1. The third-order valence-electron chi connectivity index (χ3n) is 3.66. The number of hydrogen-bond donors (Lipinski definition) is 1. The molecule has 2 nitrogen and oxygen atoms in total. The fourth-order valence-corrected chi connectivity index (χ4v) is 2.81. The third-order valence-corrected chi connectivity index (χ3v) is 4.30. The Labute approximate surface area is 120 Å². The molecule has 0 saturated carbocycles. The number of nitrogens with two attached hydrogens (primary N) is 1. The monoisotopic (exact) mass is 284 g/mol. The Morgan fingerprint density at radius 3 is 2.68 bits per heavy atom. The Morgan fingerprint density at radius 1 is 1.42 bits per heavy atom. The van der Waals surface area contributed by atoms with Gasteiger partial charge in [-0.15, -0.1) is 0 Å². The lowest BCUT2D eigenvalue weighted by Gasteiger charge is -2.33. The van der Waals surface area contributed by atoms with Gasteiger partial charge < -0.3 is 5.73 Å². The Hall–Kier alpha value is -0.580. The molecule has 2 atom stereocenters. The third kappa shape index (κ3) is 4.48. The normalized spacial score (nSPS) is 14.7. The van der Waals surface area contributed by atoms with Crippen LogP contribution in [0.5, 0.6) is 0 Å². The van der Waals surface area contributed by atoms with Gasteiger partial charge in [-0.3, -0.25) is 4.90 Å². The van der Waals surface area contributed by atoms with Gasteiger partial charge >= 0.3 is 0 Å². The highest BCUT2D eigenvalue weighted by Crippen LogP contribution is 2.25. The fraction of sp³-hybridized carbons (Fsp3) is 0.600. The van der Waals surface area contributed by atoms with E-state index in [1.165, 1.54) is 6.07 Å². The minimum Gasteiger partial charge on any atom is -0.329 e. The van der Waals surface area contributed by atoms with E-state index in [0.29, 0.717) is 18.2 Å². The van der Waals surface area contributed by atoms with Crippen molar-refractivity contribution in [3.05, 3.63) is 35.1 Å². The summed E-state index contributed by atoms with van der Waals surface area (Å²) < 4.78 is 14.0. The van der Waals surface area contributed by atoms with Crippen molar-refractivity contribution in [3.63, 3.8) is 0 Å². The number of rotatable bonds is 7. The van der Waals surface area contributed by atoms with Gasteiger partial charge in [0.05, 0.1) is 0 Å². The standard InChI is InChI=1S/C15H25FN2S/c1-11-5-6-14(16)13(9-11)15(10-17)18(3)12(2)7-8-19-4/h5-6,9,12,15H,7-8,10,17H2,1-4H3. The molecule has 0 aromatic heterocycles. The van der Waals surface area contributed by atoms with E-state index in [0.717, 1.165) is 17.7 Å². The van der Waals surface area contributed by atoms with Crippen LogP contribution in [0.1, 0.15) is 30.5 Å². The number of nitrogens with zero attached hydrogens (tertiary/aromatic N) is 1. The van der Waals surface area contributed by atoms with Crippen molar-refractivity contribution < 1.29 is 4.39 Å². The average molecular weight is 284 g/mol. The summed E-state index contributed by atoms with van der Waals surface area (Å²) >= 11 is 1.84. The first-order valence-electron chi connectivity index (χ1n) is 6.68. The summed E-state index contributed by atoms with van der Waals surface area (Å²) in [6.07, 6.45) is 3.19. The van der Waals surface area contributed by atoms with Gasteiger partial charge in [0.15, 0.2) is 0 Å². The smallest absolute Gasteiger partial charge is 0.128 e. The van der Waals surface area contributed by atoms with Gasteiger partial charge in [0.1, 0.15) is 5.82 Å². The van der Waals surface area contributed by atoms with Gasteiger partial charge in [-0.1, -0.05) is 17.7 Å². The first kappa shape index (κ1) is 16.5. The molecule has 0 spiro atoms. The maximum absolute atomic E-state index is 14.0. The zero-order valence-corrected chi connectivity index (χ0v) is 13.1. The molecule has 4 heteroatoms. The Kier molecular flexibility index (Phi) is 6.83. The van der Waals surface area contributed by atoms with E-state index in [2.05, 4.69) is 18.1 Å². The lowest BCUT2D eigenvalue weighted by molar-refractivity contribution is 0.182. The van der Waals surface area contributed by atoms with Crippen molar-refractivity contribution in [2.45, 2.75) is 32.4 Å². The molecule has 0 amide bonds. The van der Waals surface area contributed by atoms with E-state index < -0.39 is 0 Å². The summed E-state index contributed by atoms with van der Waals surface area (Å²) in [6.45, 7) is 4.58. The minimum absolute atomic E-state index is 0.0586. The Bertz CT molecular complexity index is 398. The number of aryl methyl sites for hydroxylation is 1. The van der Waals surface area contributed by atoms with Gasteiger partial charge in [-0.05, 0) is 45.4 Å². The van der Waals surface area contributed by atoms with Gasteiger partial charge in [0.25, 0.3) is 0 Å². The van der Waals surface area contributed by atoms with Crippen LogP contribution < -0.4 is 5.73 Å². The first-order chi connectivity index (χ1) is 9.01. The highest BCUT2D eigenvalue weighted by Gasteiger charge is 2.22. The second kappa shape index (κ2) is 7.88. The molecule has 0 aliphatic heterocycles. The van der Waals surface area contributed by atoms with Crippen LogP contribution in [0.3, 0.4) is 0 Å². The zero-order valence-electron chi connectivity index (χ0n) is 12.3. The summed E-state index contributed by atoms with van der Waals surface area (Å²) in [7, 11) is 2.03. The minimum atomic E-state index is -0.162. The molecule has 108 valence electrons. The second-order valence-electron chi connectivity index (χ2n) is 5.07. The summed E-state index contributed by atoms with van der Waals surface area (Å²) in [5.41, 5.74) is 7.66. The molecular formula is C15H25FN2S. The Balaban J connectivity index is 2.89. The maximum atomic E-state index is 14.0. The predicted molar refractivity (Wildman–Crippen MR) is 83.2 cm³/mol. The first-order valence-corrected chi connectivity index (χ1v) is 8.07. The van der Waals surface area contributed by atoms with Gasteiger partial charge in [-0.2, -0.15) is 11.8 Å². The molecule has 0 fully saturated rings. The molecule has 2 unspecified atom stereocenters. The summed E-state index contributed by atoms with van der Waals surface area (Å²) in [4.78, 5) is 2.19. The molecule has 0 heterocycles. The number of halogens is 1. The molecule has 19 heavy (non-hydrogen) atoms. The van der Waals surface area contributed by atoms with Gasteiger partial charge in [-0.25, -0.2) is 4.39 Å². The second-order valence-corrected chi connectivity index (χ2v) is 6.06. The van der Waals surface area contributed by atoms with Crippen LogP contribution in [-0.4, -0.2) is 36.5 Å². The number of benzene rings is 1. The van der Waals surface area contributed by atoms with Crippen LogP contribution in [-0.2, 0) is 0 Å².